The van der Waals surface area contributed by atoms with Crippen molar-refractivity contribution < 1.29 is 27.1 Å². The number of halogens is 1. The zero-order valence-electron chi connectivity index (χ0n) is 11.7. The summed E-state index contributed by atoms with van der Waals surface area (Å²) in [6, 6.07) is 2.89. The van der Waals surface area contributed by atoms with Crippen LogP contribution in [0.2, 0.25) is 0 Å². The molecular formula is C13H16FNO5S. The van der Waals surface area contributed by atoms with Crippen molar-refractivity contribution in [2.75, 3.05) is 20.3 Å². The van der Waals surface area contributed by atoms with Crippen molar-refractivity contribution in [3.63, 3.8) is 0 Å². The predicted octanol–water partition coefficient (Wildman–Crippen LogP) is 1.07. The molecular weight excluding hydrogens is 301 g/mol. The molecule has 0 radical (unpaired) electrons. The first-order chi connectivity index (χ1) is 9.77. The van der Waals surface area contributed by atoms with Crippen molar-refractivity contribution >= 4 is 16.0 Å². The second kappa shape index (κ2) is 5.70. The third kappa shape index (κ3) is 3.39. The van der Waals surface area contributed by atoms with E-state index in [0.717, 1.165) is 25.3 Å². The van der Waals surface area contributed by atoms with Crippen LogP contribution in [-0.2, 0) is 19.5 Å². The second-order valence-corrected chi connectivity index (χ2v) is 6.75. The zero-order valence-corrected chi connectivity index (χ0v) is 12.5. The fraction of sp³-hybridized carbons (Fsp3) is 0.462. The molecule has 6 nitrogen and oxygen atoms in total. The molecule has 0 aliphatic carbocycles. The lowest BCUT2D eigenvalue weighted by Crippen LogP contribution is -2.46. The molecule has 1 unspecified atom stereocenters. The van der Waals surface area contributed by atoms with E-state index in [2.05, 4.69) is 9.46 Å². The average Bonchev–Trinajstić information content (AvgIpc) is 2.83. The molecule has 0 spiro atoms. The van der Waals surface area contributed by atoms with Gasteiger partial charge in [-0.2, -0.15) is 0 Å². The zero-order chi connectivity index (χ0) is 15.7. The monoisotopic (exact) mass is 317 g/mol. The van der Waals surface area contributed by atoms with Crippen molar-refractivity contribution in [3.8, 4) is 0 Å². The Hall–Kier alpha value is -1.51. The summed E-state index contributed by atoms with van der Waals surface area (Å²) < 4.78 is 50.4. The topological polar surface area (TPSA) is 81.7 Å². The van der Waals surface area contributed by atoms with E-state index >= 15 is 0 Å². The summed E-state index contributed by atoms with van der Waals surface area (Å²) in [6.07, 6.45) is 0.495. The van der Waals surface area contributed by atoms with E-state index < -0.39 is 32.2 Å². The molecule has 1 atom stereocenters. The summed E-state index contributed by atoms with van der Waals surface area (Å²) in [5, 5.41) is 0. The maximum atomic E-state index is 13.4. The van der Waals surface area contributed by atoms with E-state index in [1.165, 1.54) is 0 Å². The van der Waals surface area contributed by atoms with Gasteiger partial charge in [-0.25, -0.2) is 22.3 Å². The molecule has 1 aromatic rings. The Balaban J connectivity index is 2.43. The van der Waals surface area contributed by atoms with Crippen LogP contribution in [0, 0.1) is 5.82 Å². The number of sulfonamides is 1. The van der Waals surface area contributed by atoms with Gasteiger partial charge in [0, 0.05) is 6.61 Å². The molecule has 2 rings (SSSR count). The Morgan fingerprint density at radius 1 is 1.48 bits per heavy atom. The molecule has 0 amide bonds. The summed E-state index contributed by atoms with van der Waals surface area (Å²) >= 11 is 0. The van der Waals surface area contributed by atoms with Crippen LogP contribution in [0.5, 0.6) is 0 Å². The number of esters is 1. The third-order valence-electron chi connectivity index (χ3n) is 3.24. The summed E-state index contributed by atoms with van der Waals surface area (Å²) in [5.41, 5.74) is -0.993. The maximum absolute atomic E-state index is 13.4. The summed E-state index contributed by atoms with van der Waals surface area (Å²) in [5.74, 6) is -1.60. The lowest BCUT2D eigenvalue weighted by molar-refractivity contribution is 0.0596. The molecule has 1 fully saturated rings. The smallest absolute Gasteiger partial charge is 0.339 e. The molecule has 1 heterocycles. The maximum Gasteiger partial charge on any atom is 0.339 e. The Morgan fingerprint density at radius 2 is 2.19 bits per heavy atom. The molecule has 1 aliphatic heterocycles. The Labute approximate surface area is 122 Å². The number of carbonyl (C=O) groups is 1. The summed E-state index contributed by atoms with van der Waals surface area (Å²) in [4.78, 5) is 11.2. The number of hydrogen-bond acceptors (Lipinski definition) is 5. The van der Waals surface area contributed by atoms with E-state index in [0.29, 0.717) is 13.0 Å². The Bertz CT molecular complexity index is 653. The van der Waals surface area contributed by atoms with Gasteiger partial charge in [0.15, 0.2) is 0 Å². The molecule has 0 bridgehead atoms. The van der Waals surface area contributed by atoms with E-state index in [9.17, 15) is 17.6 Å². The van der Waals surface area contributed by atoms with Gasteiger partial charge in [0.2, 0.25) is 10.0 Å². The highest BCUT2D eigenvalue weighted by Crippen LogP contribution is 2.24. The van der Waals surface area contributed by atoms with Crippen molar-refractivity contribution in [3.05, 3.63) is 29.6 Å². The third-order valence-corrected chi connectivity index (χ3v) is 4.92. The minimum absolute atomic E-state index is 0.214. The molecule has 0 saturated carbocycles. The quantitative estimate of drug-likeness (QED) is 0.840. The van der Waals surface area contributed by atoms with E-state index in [1.807, 2.05) is 0 Å². The Morgan fingerprint density at radius 3 is 2.76 bits per heavy atom. The molecule has 116 valence electrons. The SMILES string of the molecule is COC(=O)c1ccc(F)cc1S(=O)(=O)NC1(C)CCOC1. The molecule has 21 heavy (non-hydrogen) atoms. The van der Waals surface area contributed by atoms with Crippen LogP contribution < -0.4 is 4.72 Å². The van der Waals surface area contributed by atoms with Crippen molar-refractivity contribution in [1.29, 1.82) is 0 Å². The lowest BCUT2D eigenvalue weighted by Gasteiger charge is -2.23. The minimum Gasteiger partial charge on any atom is -0.465 e. The van der Waals surface area contributed by atoms with Crippen LogP contribution in [0.1, 0.15) is 23.7 Å². The van der Waals surface area contributed by atoms with Gasteiger partial charge in [-0.3, -0.25) is 0 Å². The molecule has 1 aliphatic rings. The van der Waals surface area contributed by atoms with Crippen LogP contribution >= 0.6 is 0 Å². The fourth-order valence-electron chi connectivity index (χ4n) is 2.12. The van der Waals surface area contributed by atoms with Crippen molar-refractivity contribution in [2.45, 2.75) is 23.8 Å². The largest absolute Gasteiger partial charge is 0.465 e. The van der Waals surface area contributed by atoms with Crippen LogP contribution in [0.25, 0.3) is 0 Å². The van der Waals surface area contributed by atoms with Crippen molar-refractivity contribution in [1.82, 2.24) is 4.72 Å². The number of ether oxygens (including phenoxy) is 2. The van der Waals surface area contributed by atoms with E-state index in [-0.39, 0.29) is 12.2 Å². The first-order valence-electron chi connectivity index (χ1n) is 6.27. The summed E-state index contributed by atoms with van der Waals surface area (Å²) in [6.45, 7) is 2.34. The summed E-state index contributed by atoms with van der Waals surface area (Å²) in [7, 11) is -2.95. The molecule has 1 N–H and O–H groups in total. The van der Waals surface area contributed by atoms with Gasteiger partial charge in [0.05, 0.1) is 29.7 Å². The van der Waals surface area contributed by atoms with Gasteiger partial charge in [-0.15, -0.1) is 0 Å². The van der Waals surface area contributed by atoms with Crippen LogP contribution in [0.4, 0.5) is 4.39 Å². The van der Waals surface area contributed by atoms with E-state index in [4.69, 9.17) is 4.74 Å². The first-order valence-corrected chi connectivity index (χ1v) is 7.75. The number of methoxy groups -OCH3 is 1. The molecule has 1 saturated heterocycles. The van der Waals surface area contributed by atoms with Crippen LogP contribution in [-0.4, -0.2) is 40.2 Å². The number of carbonyl (C=O) groups excluding carboxylic acids is 1. The minimum atomic E-state index is -4.08. The molecule has 8 heteroatoms. The first kappa shape index (κ1) is 15.9. The van der Waals surface area contributed by atoms with Gasteiger partial charge < -0.3 is 9.47 Å². The number of benzene rings is 1. The number of rotatable bonds is 4. The van der Waals surface area contributed by atoms with Crippen LogP contribution in [0.15, 0.2) is 23.1 Å². The lowest BCUT2D eigenvalue weighted by atomic mass is 10.0. The highest BCUT2D eigenvalue weighted by Gasteiger charge is 2.36. The molecule has 0 aromatic heterocycles. The average molecular weight is 317 g/mol. The van der Waals surface area contributed by atoms with E-state index in [1.54, 1.807) is 6.92 Å². The number of hydrogen-bond donors (Lipinski definition) is 1. The predicted molar refractivity (Wildman–Crippen MR) is 71.9 cm³/mol. The second-order valence-electron chi connectivity index (χ2n) is 5.10. The standard InChI is InChI=1S/C13H16FNO5S/c1-13(5-6-20-8-13)15-21(17,18)11-7-9(14)3-4-10(11)12(16)19-2/h3-4,7,15H,5-6,8H2,1-2H3. The molecule has 1 aromatic carbocycles. The van der Waals surface area contributed by atoms with Gasteiger partial charge in [0.1, 0.15) is 5.82 Å². The van der Waals surface area contributed by atoms with Gasteiger partial charge in [0.25, 0.3) is 0 Å². The highest BCUT2D eigenvalue weighted by molar-refractivity contribution is 7.89. The van der Waals surface area contributed by atoms with Gasteiger partial charge in [-0.05, 0) is 31.5 Å². The van der Waals surface area contributed by atoms with Crippen LogP contribution in [0.3, 0.4) is 0 Å². The highest BCUT2D eigenvalue weighted by atomic mass is 32.2. The van der Waals surface area contributed by atoms with Gasteiger partial charge in [-0.1, -0.05) is 0 Å². The van der Waals surface area contributed by atoms with Gasteiger partial charge >= 0.3 is 5.97 Å². The van der Waals surface area contributed by atoms with Crippen molar-refractivity contribution in [2.24, 2.45) is 0 Å². The number of nitrogens with one attached hydrogen (secondary N) is 1. The fourth-order valence-corrected chi connectivity index (χ4v) is 3.75. The Kier molecular flexibility index (Phi) is 4.31. The normalized spacial score (nSPS) is 22.2.